The van der Waals surface area contributed by atoms with Crippen molar-refractivity contribution in [2.45, 2.75) is 39.3 Å². The smallest absolute Gasteiger partial charge is 0.333 e. The van der Waals surface area contributed by atoms with Gasteiger partial charge < -0.3 is 15.3 Å². The molecule has 0 spiro atoms. The summed E-state index contributed by atoms with van der Waals surface area (Å²) in [6, 6.07) is -0.0151. The molecule has 0 saturated heterocycles. The number of aryl methyl sites for hydroxylation is 1. The summed E-state index contributed by atoms with van der Waals surface area (Å²) in [6.07, 6.45) is 0. The van der Waals surface area contributed by atoms with Crippen molar-refractivity contribution in [1.29, 1.82) is 0 Å². The van der Waals surface area contributed by atoms with Gasteiger partial charge in [0.25, 0.3) is 0 Å². The maximum absolute atomic E-state index is 11.2. The van der Waals surface area contributed by atoms with E-state index in [-0.39, 0.29) is 18.3 Å². The molecule has 1 aromatic rings. The van der Waals surface area contributed by atoms with Crippen LogP contribution in [0, 0.1) is 17.0 Å². The molecule has 0 aliphatic rings. The fraction of sp³-hybridized carbons (Fsp3) is 0.769. The first kappa shape index (κ1) is 17.4. The van der Waals surface area contributed by atoms with E-state index >= 15 is 0 Å². The van der Waals surface area contributed by atoms with Crippen LogP contribution in [0.25, 0.3) is 0 Å². The van der Waals surface area contributed by atoms with Crippen molar-refractivity contribution in [2.24, 2.45) is 0 Å². The Kier molecular flexibility index (Phi) is 5.30. The van der Waals surface area contributed by atoms with E-state index in [0.717, 1.165) is 0 Å². The summed E-state index contributed by atoms with van der Waals surface area (Å²) in [6.45, 7) is 7.75. The highest BCUT2D eigenvalue weighted by Gasteiger charge is 2.29. The predicted molar refractivity (Wildman–Crippen MR) is 81.7 cm³/mol. The number of aliphatic hydroxyl groups is 1. The van der Waals surface area contributed by atoms with Crippen molar-refractivity contribution in [3.63, 3.8) is 0 Å². The monoisotopic (exact) mass is 299 g/mol. The van der Waals surface area contributed by atoms with Crippen LogP contribution in [0.4, 0.5) is 11.5 Å². The van der Waals surface area contributed by atoms with Gasteiger partial charge in [-0.25, -0.2) is 4.68 Å². The van der Waals surface area contributed by atoms with E-state index in [1.165, 1.54) is 0 Å². The molecular weight excluding hydrogens is 274 g/mol. The molecule has 8 heteroatoms. The topological polar surface area (TPSA) is 96.5 Å². The van der Waals surface area contributed by atoms with Crippen LogP contribution >= 0.6 is 0 Å². The van der Waals surface area contributed by atoms with Gasteiger partial charge in [0.2, 0.25) is 5.82 Å². The van der Waals surface area contributed by atoms with E-state index < -0.39 is 10.5 Å². The zero-order valence-corrected chi connectivity index (χ0v) is 13.5. The standard InChI is InChI=1S/C13H25N5O3/c1-9(2)17-12(11(18(20)21)10(3)15-17)14-7-13(4,19)8-16(5)6/h9,14,19H,7-8H2,1-6H3. The van der Waals surface area contributed by atoms with Gasteiger partial charge in [0.05, 0.1) is 10.5 Å². The molecule has 2 N–H and O–H groups in total. The summed E-state index contributed by atoms with van der Waals surface area (Å²) in [5, 5.41) is 28.7. The lowest BCUT2D eigenvalue weighted by atomic mass is 10.1. The molecule has 1 aromatic heterocycles. The van der Waals surface area contributed by atoms with E-state index in [9.17, 15) is 15.2 Å². The zero-order chi connectivity index (χ0) is 16.4. The maximum atomic E-state index is 11.2. The Labute approximate surface area is 124 Å². The third-order valence-corrected chi connectivity index (χ3v) is 3.02. The second-order valence-electron chi connectivity index (χ2n) is 6.17. The Bertz CT molecular complexity index is 508. The fourth-order valence-corrected chi connectivity index (χ4v) is 2.31. The minimum atomic E-state index is -1.00. The first-order valence-corrected chi connectivity index (χ1v) is 6.89. The number of nitro groups is 1. The van der Waals surface area contributed by atoms with Crippen molar-refractivity contribution in [3.8, 4) is 0 Å². The minimum absolute atomic E-state index is 0.0151. The summed E-state index contributed by atoms with van der Waals surface area (Å²) >= 11 is 0. The number of anilines is 1. The second-order valence-corrected chi connectivity index (χ2v) is 6.17. The van der Waals surface area contributed by atoms with Crippen LogP contribution < -0.4 is 5.32 Å². The molecule has 0 aromatic carbocycles. The van der Waals surface area contributed by atoms with E-state index in [0.29, 0.717) is 18.1 Å². The molecule has 0 amide bonds. The highest BCUT2D eigenvalue weighted by molar-refractivity contribution is 5.60. The molecular formula is C13H25N5O3. The van der Waals surface area contributed by atoms with Gasteiger partial charge in [0.15, 0.2) is 0 Å². The number of likely N-dealkylation sites (N-methyl/N-ethyl adjacent to an activating group) is 1. The molecule has 1 atom stereocenters. The van der Waals surface area contributed by atoms with Crippen LogP contribution in [-0.4, -0.2) is 57.5 Å². The fourth-order valence-electron chi connectivity index (χ4n) is 2.31. The number of nitrogens with one attached hydrogen (secondary N) is 1. The lowest BCUT2D eigenvalue weighted by molar-refractivity contribution is -0.384. The van der Waals surface area contributed by atoms with E-state index in [2.05, 4.69) is 10.4 Å². The molecule has 0 saturated carbocycles. The van der Waals surface area contributed by atoms with E-state index in [1.54, 1.807) is 18.5 Å². The van der Waals surface area contributed by atoms with Gasteiger partial charge in [-0.05, 0) is 41.8 Å². The second kappa shape index (κ2) is 6.40. The summed E-state index contributed by atoms with van der Waals surface area (Å²) in [5.41, 5.74) is -0.676. The molecule has 21 heavy (non-hydrogen) atoms. The van der Waals surface area contributed by atoms with Crippen LogP contribution in [0.5, 0.6) is 0 Å². The van der Waals surface area contributed by atoms with E-state index in [1.807, 2.05) is 32.8 Å². The van der Waals surface area contributed by atoms with Crippen LogP contribution in [0.3, 0.4) is 0 Å². The minimum Gasteiger partial charge on any atom is -0.387 e. The number of rotatable bonds is 7. The van der Waals surface area contributed by atoms with Crippen molar-refractivity contribution >= 4 is 11.5 Å². The Hall–Kier alpha value is -1.67. The zero-order valence-electron chi connectivity index (χ0n) is 13.5. The Morgan fingerprint density at radius 2 is 2.10 bits per heavy atom. The SMILES string of the molecule is Cc1nn(C(C)C)c(NCC(C)(O)CN(C)C)c1[N+](=O)[O-]. The summed E-state index contributed by atoms with van der Waals surface area (Å²) in [7, 11) is 3.72. The van der Waals surface area contributed by atoms with Crippen molar-refractivity contribution < 1.29 is 10.0 Å². The highest BCUT2D eigenvalue weighted by Crippen LogP contribution is 2.30. The molecule has 0 fully saturated rings. The van der Waals surface area contributed by atoms with Crippen molar-refractivity contribution in [1.82, 2.24) is 14.7 Å². The van der Waals surface area contributed by atoms with Gasteiger partial charge in [-0.2, -0.15) is 5.10 Å². The van der Waals surface area contributed by atoms with Gasteiger partial charge in [0, 0.05) is 19.1 Å². The Morgan fingerprint density at radius 3 is 2.52 bits per heavy atom. The Morgan fingerprint density at radius 1 is 1.52 bits per heavy atom. The van der Waals surface area contributed by atoms with Gasteiger partial charge in [-0.3, -0.25) is 10.1 Å². The highest BCUT2D eigenvalue weighted by atomic mass is 16.6. The summed E-state index contributed by atoms with van der Waals surface area (Å²) in [4.78, 5) is 12.6. The average molecular weight is 299 g/mol. The largest absolute Gasteiger partial charge is 0.387 e. The summed E-state index contributed by atoms with van der Waals surface area (Å²) in [5.74, 6) is 0.339. The first-order chi connectivity index (χ1) is 9.55. The lowest BCUT2D eigenvalue weighted by Crippen LogP contribution is -2.43. The molecule has 0 bridgehead atoms. The normalized spacial score (nSPS) is 14.5. The summed E-state index contributed by atoms with van der Waals surface area (Å²) < 4.78 is 1.58. The lowest BCUT2D eigenvalue weighted by Gasteiger charge is -2.27. The third kappa shape index (κ3) is 4.40. The van der Waals surface area contributed by atoms with Crippen LogP contribution in [-0.2, 0) is 0 Å². The van der Waals surface area contributed by atoms with Gasteiger partial charge in [-0.15, -0.1) is 0 Å². The van der Waals surface area contributed by atoms with Gasteiger partial charge >= 0.3 is 5.69 Å². The van der Waals surface area contributed by atoms with Crippen molar-refractivity contribution in [2.75, 3.05) is 32.5 Å². The maximum Gasteiger partial charge on any atom is 0.333 e. The van der Waals surface area contributed by atoms with Gasteiger partial charge in [-0.1, -0.05) is 0 Å². The predicted octanol–water partition coefficient (Wildman–Crippen LogP) is 1.41. The third-order valence-electron chi connectivity index (χ3n) is 3.02. The molecule has 1 rings (SSSR count). The van der Waals surface area contributed by atoms with E-state index in [4.69, 9.17) is 0 Å². The molecule has 0 aliphatic carbocycles. The van der Waals surface area contributed by atoms with Crippen LogP contribution in [0.15, 0.2) is 0 Å². The van der Waals surface area contributed by atoms with Crippen molar-refractivity contribution in [3.05, 3.63) is 15.8 Å². The molecule has 1 heterocycles. The number of aromatic nitrogens is 2. The quantitative estimate of drug-likeness (QED) is 0.583. The van der Waals surface area contributed by atoms with Crippen LogP contribution in [0.2, 0.25) is 0 Å². The molecule has 8 nitrogen and oxygen atoms in total. The number of hydrogen-bond acceptors (Lipinski definition) is 6. The van der Waals surface area contributed by atoms with Gasteiger partial charge in [0.1, 0.15) is 5.69 Å². The molecule has 1 unspecified atom stereocenters. The molecule has 0 aliphatic heterocycles. The Balaban J connectivity index is 3.04. The number of nitrogens with zero attached hydrogens (tertiary/aromatic N) is 4. The van der Waals surface area contributed by atoms with Crippen LogP contribution in [0.1, 0.15) is 32.5 Å². The number of hydrogen-bond donors (Lipinski definition) is 2. The molecule has 0 radical (unpaired) electrons. The molecule has 120 valence electrons. The first-order valence-electron chi connectivity index (χ1n) is 6.89. The average Bonchev–Trinajstić information content (AvgIpc) is 2.62.